The van der Waals surface area contributed by atoms with Gasteiger partial charge in [0.2, 0.25) is 20.0 Å². The zero-order chi connectivity index (χ0) is 15.7. The van der Waals surface area contributed by atoms with Crippen molar-refractivity contribution in [1.82, 2.24) is 9.03 Å². The third kappa shape index (κ3) is 4.17. The highest BCUT2D eigenvalue weighted by Gasteiger charge is 2.31. The van der Waals surface area contributed by atoms with Crippen molar-refractivity contribution in [2.75, 3.05) is 19.3 Å². The molecule has 6 nitrogen and oxygen atoms in total. The predicted molar refractivity (Wildman–Crippen MR) is 81.2 cm³/mol. The molecule has 1 aliphatic rings. The van der Waals surface area contributed by atoms with E-state index in [0.29, 0.717) is 12.8 Å². The van der Waals surface area contributed by atoms with Crippen molar-refractivity contribution in [3.05, 3.63) is 29.3 Å². The molecule has 0 bridgehead atoms. The van der Waals surface area contributed by atoms with Crippen molar-refractivity contribution < 1.29 is 16.8 Å². The van der Waals surface area contributed by atoms with Gasteiger partial charge in [-0.1, -0.05) is 23.7 Å². The average molecular weight is 353 g/mol. The van der Waals surface area contributed by atoms with Gasteiger partial charge in [0, 0.05) is 19.1 Å². The Bertz CT molecular complexity index is 711. The number of hydrogen-bond acceptors (Lipinski definition) is 4. The fraction of sp³-hybridized carbons (Fsp3) is 0.500. The maximum Gasteiger partial charge on any atom is 0.244 e. The number of benzene rings is 1. The Hall–Kier alpha value is -0.670. The Morgan fingerprint density at radius 1 is 1.14 bits per heavy atom. The summed E-state index contributed by atoms with van der Waals surface area (Å²) < 4.78 is 51.2. The molecule has 1 N–H and O–H groups in total. The Morgan fingerprint density at radius 2 is 1.71 bits per heavy atom. The van der Waals surface area contributed by atoms with Crippen LogP contribution in [0.15, 0.2) is 29.2 Å². The van der Waals surface area contributed by atoms with Crippen molar-refractivity contribution in [1.29, 1.82) is 0 Å². The number of nitrogens with one attached hydrogen (secondary N) is 1. The quantitative estimate of drug-likeness (QED) is 0.877. The van der Waals surface area contributed by atoms with Crippen LogP contribution >= 0.6 is 11.6 Å². The number of sulfonamides is 2. The molecule has 1 heterocycles. The van der Waals surface area contributed by atoms with Crippen LogP contribution in [-0.4, -0.2) is 46.5 Å². The monoisotopic (exact) mass is 352 g/mol. The Balaban J connectivity index is 2.10. The molecule has 0 aliphatic carbocycles. The minimum Gasteiger partial charge on any atom is -0.213 e. The lowest BCUT2D eigenvalue weighted by Crippen LogP contribution is -2.46. The summed E-state index contributed by atoms with van der Waals surface area (Å²) in [5.74, 6) is 0. The summed E-state index contributed by atoms with van der Waals surface area (Å²) >= 11 is 5.95. The summed E-state index contributed by atoms with van der Waals surface area (Å²) in [6.07, 6.45) is 1.98. The van der Waals surface area contributed by atoms with Crippen LogP contribution < -0.4 is 4.72 Å². The number of piperidine rings is 1. The van der Waals surface area contributed by atoms with Crippen LogP contribution in [0.3, 0.4) is 0 Å². The summed E-state index contributed by atoms with van der Waals surface area (Å²) in [5, 5.41) is 0.189. The molecule has 0 saturated carbocycles. The molecule has 0 spiro atoms. The van der Waals surface area contributed by atoms with Gasteiger partial charge in [-0.15, -0.1) is 0 Å². The Kier molecular flexibility index (Phi) is 4.94. The number of rotatable bonds is 4. The number of hydrogen-bond donors (Lipinski definition) is 1. The van der Waals surface area contributed by atoms with Crippen LogP contribution in [0.1, 0.15) is 12.8 Å². The van der Waals surface area contributed by atoms with Crippen molar-refractivity contribution in [3.63, 3.8) is 0 Å². The highest BCUT2D eigenvalue weighted by Crippen LogP contribution is 2.26. The third-order valence-corrected chi connectivity index (χ3v) is 6.45. The van der Waals surface area contributed by atoms with E-state index in [2.05, 4.69) is 4.72 Å². The first-order valence-electron chi connectivity index (χ1n) is 6.42. The van der Waals surface area contributed by atoms with E-state index in [1.807, 2.05) is 0 Å². The van der Waals surface area contributed by atoms with E-state index in [1.165, 1.54) is 16.4 Å². The molecule has 0 amide bonds. The molecule has 0 unspecified atom stereocenters. The zero-order valence-corrected chi connectivity index (χ0v) is 13.9. The molecule has 1 aromatic carbocycles. The molecule has 21 heavy (non-hydrogen) atoms. The lowest BCUT2D eigenvalue weighted by atomic mass is 10.1. The van der Waals surface area contributed by atoms with E-state index < -0.39 is 20.0 Å². The van der Waals surface area contributed by atoms with Gasteiger partial charge in [0.1, 0.15) is 4.90 Å². The molecular formula is C12H17ClN2O4S2. The molecule has 118 valence electrons. The normalized spacial score (nSPS) is 18.8. The molecule has 9 heteroatoms. The van der Waals surface area contributed by atoms with Gasteiger partial charge in [0.05, 0.1) is 11.3 Å². The van der Waals surface area contributed by atoms with Crippen molar-refractivity contribution in [2.24, 2.45) is 0 Å². The molecule has 0 atom stereocenters. The molecule has 2 rings (SSSR count). The first kappa shape index (κ1) is 16.7. The van der Waals surface area contributed by atoms with Crippen molar-refractivity contribution >= 4 is 31.6 Å². The summed E-state index contributed by atoms with van der Waals surface area (Å²) in [6, 6.07) is 6.07. The highest BCUT2D eigenvalue weighted by atomic mass is 35.5. The van der Waals surface area contributed by atoms with E-state index in [4.69, 9.17) is 11.6 Å². The van der Waals surface area contributed by atoms with Crippen molar-refractivity contribution in [2.45, 2.75) is 23.8 Å². The van der Waals surface area contributed by atoms with Crippen molar-refractivity contribution in [3.8, 4) is 0 Å². The van der Waals surface area contributed by atoms with Gasteiger partial charge < -0.3 is 0 Å². The highest BCUT2D eigenvalue weighted by molar-refractivity contribution is 7.89. The number of halogens is 1. The van der Waals surface area contributed by atoms with Crippen LogP contribution in [0.25, 0.3) is 0 Å². The Morgan fingerprint density at radius 3 is 2.24 bits per heavy atom. The van der Waals surface area contributed by atoms with Gasteiger partial charge >= 0.3 is 0 Å². The molecule has 1 aromatic rings. The minimum absolute atomic E-state index is 0.0844. The first-order valence-corrected chi connectivity index (χ1v) is 10.1. The minimum atomic E-state index is -3.64. The Labute approximate surface area is 130 Å². The lowest BCUT2D eigenvalue weighted by Gasteiger charge is -2.31. The summed E-state index contributed by atoms with van der Waals surface area (Å²) in [7, 11) is -6.91. The van der Waals surface area contributed by atoms with Crippen LogP contribution in [0.5, 0.6) is 0 Å². The van der Waals surface area contributed by atoms with Gasteiger partial charge in [-0.25, -0.2) is 21.6 Å². The second-order valence-corrected chi connectivity index (χ2v) is 9.09. The summed E-state index contributed by atoms with van der Waals surface area (Å²) in [6.45, 7) is 0.529. The van der Waals surface area contributed by atoms with Crippen LogP contribution in [0.4, 0.5) is 0 Å². The molecule has 0 radical (unpaired) electrons. The second kappa shape index (κ2) is 6.21. The topological polar surface area (TPSA) is 83.6 Å². The van der Waals surface area contributed by atoms with Gasteiger partial charge in [0.15, 0.2) is 0 Å². The predicted octanol–water partition coefficient (Wildman–Crippen LogP) is 1.04. The fourth-order valence-electron chi connectivity index (χ4n) is 2.31. The zero-order valence-electron chi connectivity index (χ0n) is 11.5. The van der Waals surface area contributed by atoms with Gasteiger partial charge in [-0.3, -0.25) is 0 Å². The van der Waals surface area contributed by atoms with Gasteiger partial charge in [0.25, 0.3) is 0 Å². The lowest BCUT2D eigenvalue weighted by molar-refractivity contribution is 0.309. The van der Waals surface area contributed by atoms with E-state index >= 15 is 0 Å². The largest absolute Gasteiger partial charge is 0.244 e. The van der Waals surface area contributed by atoms with E-state index in [-0.39, 0.29) is 29.0 Å². The fourth-order valence-corrected chi connectivity index (χ4v) is 5.11. The van der Waals surface area contributed by atoms with E-state index in [9.17, 15) is 16.8 Å². The first-order chi connectivity index (χ1) is 9.70. The molecule has 1 saturated heterocycles. The standard InChI is InChI=1S/C12H17ClN2O4S2/c1-20(16,17)14-10-6-8-15(9-7-10)21(18,19)12-5-3-2-4-11(12)13/h2-5,10,14H,6-9H2,1H3. The SMILES string of the molecule is CS(=O)(=O)NC1CCN(S(=O)(=O)c2ccccc2Cl)CC1. The summed E-state index contributed by atoms with van der Waals surface area (Å²) in [4.78, 5) is 0.0844. The molecule has 1 fully saturated rings. The van der Waals surface area contributed by atoms with E-state index in [1.54, 1.807) is 12.1 Å². The van der Waals surface area contributed by atoms with Crippen LogP contribution in [0, 0.1) is 0 Å². The third-order valence-electron chi connectivity index (χ3n) is 3.29. The molecule has 1 aliphatic heterocycles. The van der Waals surface area contributed by atoms with Gasteiger partial charge in [-0.05, 0) is 25.0 Å². The molecule has 0 aromatic heterocycles. The maximum absolute atomic E-state index is 12.5. The van der Waals surface area contributed by atoms with Crippen LogP contribution in [-0.2, 0) is 20.0 Å². The van der Waals surface area contributed by atoms with Gasteiger partial charge in [-0.2, -0.15) is 4.31 Å². The second-order valence-electron chi connectivity index (χ2n) is 5.00. The van der Waals surface area contributed by atoms with Crippen LogP contribution in [0.2, 0.25) is 5.02 Å². The maximum atomic E-state index is 12.5. The molecular weight excluding hydrogens is 336 g/mol. The average Bonchev–Trinajstić information content (AvgIpc) is 2.37. The summed E-state index contributed by atoms with van der Waals surface area (Å²) in [5.41, 5.74) is 0. The number of nitrogens with zero attached hydrogens (tertiary/aromatic N) is 1. The smallest absolute Gasteiger partial charge is 0.213 e. The van der Waals surface area contributed by atoms with E-state index in [0.717, 1.165) is 6.26 Å².